The van der Waals surface area contributed by atoms with Crippen molar-refractivity contribution in [1.29, 1.82) is 0 Å². The molecular weight excluding hydrogens is 397 g/mol. The van der Waals surface area contributed by atoms with Crippen LogP contribution in [0.2, 0.25) is 0 Å². The molecule has 26 heavy (non-hydrogen) atoms. The highest BCUT2D eigenvalue weighted by molar-refractivity contribution is 5.93. The number of hydrogen-bond donors (Lipinski definition) is 2. The van der Waals surface area contributed by atoms with Gasteiger partial charge in [-0.25, -0.2) is 9.38 Å². The third-order valence-corrected chi connectivity index (χ3v) is 3.67. The highest BCUT2D eigenvalue weighted by Gasteiger charge is 2.33. The minimum atomic E-state index is -4.72. The topological polar surface area (TPSA) is 80.0 Å². The van der Waals surface area contributed by atoms with Crippen LogP contribution < -0.4 is 11.5 Å². The Kier molecular flexibility index (Phi) is 9.72. The molecule has 0 unspecified atom stereocenters. The second kappa shape index (κ2) is 10.4. The van der Waals surface area contributed by atoms with E-state index < -0.39 is 17.6 Å². The Bertz CT molecular complexity index is 643. The largest absolute Gasteiger partial charge is 0.419 e. The van der Waals surface area contributed by atoms with Gasteiger partial charge < -0.3 is 16.4 Å². The summed E-state index contributed by atoms with van der Waals surface area (Å²) in [7, 11) is 0. The number of aliphatic imine (C=N–C) groups is 2. The van der Waals surface area contributed by atoms with Gasteiger partial charge in [0.15, 0.2) is 5.96 Å². The molecule has 4 N–H and O–H groups in total. The molecule has 0 aliphatic carbocycles. The van der Waals surface area contributed by atoms with Crippen molar-refractivity contribution in [3.63, 3.8) is 0 Å². The van der Waals surface area contributed by atoms with Crippen molar-refractivity contribution >= 4 is 36.7 Å². The Morgan fingerprint density at radius 1 is 1.08 bits per heavy atom. The second-order valence-electron chi connectivity index (χ2n) is 5.50. The smallest absolute Gasteiger partial charge is 0.369 e. The average Bonchev–Trinajstić information content (AvgIpc) is 2.52. The first-order valence-electron chi connectivity index (χ1n) is 7.52. The number of likely N-dealkylation sites (tertiary alicyclic amines) is 1. The van der Waals surface area contributed by atoms with Crippen molar-refractivity contribution in [2.75, 3.05) is 13.1 Å². The van der Waals surface area contributed by atoms with Gasteiger partial charge in [0.25, 0.3) is 0 Å². The highest BCUT2D eigenvalue weighted by Crippen LogP contribution is 2.31. The molecule has 1 saturated heterocycles. The van der Waals surface area contributed by atoms with Crippen molar-refractivity contribution in [2.45, 2.75) is 32.0 Å². The maximum Gasteiger partial charge on any atom is 0.419 e. The van der Waals surface area contributed by atoms with Crippen molar-refractivity contribution in [3.8, 4) is 0 Å². The van der Waals surface area contributed by atoms with Crippen molar-refractivity contribution < 1.29 is 17.6 Å². The lowest BCUT2D eigenvalue weighted by atomic mass is 10.1. The number of nitrogens with zero attached hydrogens (tertiary/aromatic N) is 3. The minimum absolute atomic E-state index is 0. The van der Waals surface area contributed by atoms with E-state index in [1.165, 1.54) is 0 Å². The standard InChI is InChI=1S/C15H19F4N5.2ClH/c16-12-8-10(4-5-11(12)15(17,18)19)9-22-13(20)23-14(21)24-6-2-1-3-7-24;;/h4-5,8H,1-3,6-7,9H2,(H4,20,21,22,23);2*1H. The predicted octanol–water partition coefficient (Wildman–Crippen LogP) is 3.30. The molecule has 1 aliphatic rings. The zero-order chi connectivity index (χ0) is 17.7. The van der Waals surface area contributed by atoms with Gasteiger partial charge in [-0.15, -0.1) is 24.8 Å². The normalized spacial score (nSPS) is 15.9. The summed E-state index contributed by atoms with van der Waals surface area (Å²) in [5.74, 6) is -1.18. The summed E-state index contributed by atoms with van der Waals surface area (Å²) in [6.07, 6.45) is -1.53. The summed E-state index contributed by atoms with van der Waals surface area (Å²) in [5, 5.41) is 0. The van der Waals surface area contributed by atoms with Crippen LogP contribution in [0.4, 0.5) is 17.6 Å². The summed E-state index contributed by atoms with van der Waals surface area (Å²) in [6, 6.07) is 2.62. The molecule has 1 fully saturated rings. The van der Waals surface area contributed by atoms with E-state index in [0.29, 0.717) is 6.07 Å². The molecule has 1 heterocycles. The quantitative estimate of drug-likeness (QED) is 0.440. The summed E-state index contributed by atoms with van der Waals surface area (Å²) < 4.78 is 50.9. The molecule has 0 saturated carbocycles. The Morgan fingerprint density at radius 3 is 2.23 bits per heavy atom. The number of halogens is 6. The maximum absolute atomic E-state index is 13.5. The van der Waals surface area contributed by atoms with E-state index in [4.69, 9.17) is 11.5 Å². The van der Waals surface area contributed by atoms with Gasteiger partial charge in [-0.2, -0.15) is 18.2 Å². The Hall–Kier alpha value is -1.74. The molecule has 0 spiro atoms. The van der Waals surface area contributed by atoms with Crippen LogP contribution in [0.1, 0.15) is 30.4 Å². The maximum atomic E-state index is 13.5. The summed E-state index contributed by atoms with van der Waals surface area (Å²) >= 11 is 0. The van der Waals surface area contributed by atoms with Crippen LogP contribution in [0.15, 0.2) is 28.2 Å². The predicted molar refractivity (Wildman–Crippen MR) is 98.3 cm³/mol. The summed E-state index contributed by atoms with van der Waals surface area (Å²) in [4.78, 5) is 9.78. The van der Waals surface area contributed by atoms with Crippen LogP contribution >= 0.6 is 24.8 Å². The first-order valence-corrected chi connectivity index (χ1v) is 7.52. The number of alkyl halides is 3. The molecule has 0 bridgehead atoms. The molecule has 148 valence electrons. The fraction of sp³-hybridized carbons (Fsp3) is 0.467. The number of piperidine rings is 1. The van der Waals surface area contributed by atoms with E-state index in [-0.39, 0.29) is 48.8 Å². The van der Waals surface area contributed by atoms with Gasteiger partial charge in [0.2, 0.25) is 5.96 Å². The Labute approximate surface area is 161 Å². The van der Waals surface area contributed by atoms with Crippen LogP contribution in [0, 0.1) is 5.82 Å². The number of nitrogens with two attached hydrogens (primary N) is 2. The molecule has 1 aliphatic heterocycles. The molecule has 0 aromatic heterocycles. The van der Waals surface area contributed by atoms with Crippen LogP contribution in [0.5, 0.6) is 0 Å². The lowest BCUT2D eigenvalue weighted by Crippen LogP contribution is -2.41. The van der Waals surface area contributed by atoms with Gasteiger partial charge in [-0.1, -0.05) is 6.07 Å². The number of guanidine groups is 2. The number of rotatable bonds is 2. The van der Waals surface area contributed by atoms with Gasteiger partial charge in [-0.3, -0.25) is 0 Å². The number of hydrogen-bond acceptors (Lipinski definition) is 1. The molecule has 0 atom stereocenters. The van der Waals surface area contributed by atoms with Gasteiger partial charge in [-0.05, 0) is 37.0 Å². The van der Waals surface area contributed by atoms with Crippen molar-refractivity contribution in [2.24, 2.45) is 21.5 Å². The second-order valence-corrected chi connectivity index (χ2v) is 5.50. The third-order valence-electron chi connectivity index (χ3n) is 3.67. The first-order chi connectivity index (χ1) is 11.3. The van der Waals surface area contributed by atoms with Crippen LogP contribution in [-0.4, -0.2) is 29.9 Å². The van der Waals surface area contributed by atoms with E-state index in [1.54, 1.807) is 0 Å². The molecule has 1 aromatic carbocycles. The van der Waals surface area contributed by atoms with Gasteiger partial charge in [0.1, 0.15) is 5.82 Å². The third kappa shape index (κ3) is 6.87. The van der Waals surface area contributed by atoms with Crippen LogP contribution in [0.3, 0.4) is 0 Å². The molecule has 0 amide bonds. The Balaban J connectivity index is 0.00000312. The zero-order valence-corrected chi connectivity index (χ0v) is 15.4. The van der Waals surface area contributed by atoms with Gasteiger partial charge in [0, 0.05) is 13.1 Å². The lowest BCUT2D eigenvalue weighted by molar-refractivity contribution is -0.140. The SMILES string of the molecule is Cl.Cl.NC(=NCc1ccc(C(F)(F)F)c(F)c1)/N=C(/N)N1CCCCC1. The fourth-order valence-electron chi connectivity index (χ4n) is 2.41. The fourth-order valence-corrected chi connectivity index (χ4v) is 2.41. The van der Waals surface area contributed by atoms with Crippen LogP contribution in [0.25, 0.3) is 0 Å². The molecule has 0 radical (unpaired) electrons. The molecule has 11 heteroatoms. The summed E-state index contributed by atoms with van der Waals surface area (Å²) in [5.41, 5.74) is 10.4. The number of benzene rings is 1. The molecular formula is C15H21Cl2F4N5. The van der Waals surface area contributed by atoms with Crippen molar-refractivity contribution in [3.05, 3.63) is 35.1 Å². The summed E-state index contributed by atoms with van der Waals surface area (Å²) in [6.45, 7) is 1.51. The minimum Gasteiger partial charge on any atom is -0.369 e. The van der Waals surface area contributed by atoms with Gasteiger partial charge >= 0.3 is 6.18 Å². The monoisotopic (exact) mass is 417 g/mol. The van der Waals surface area contributed by atoms with E-state index >= 15 is 0 Å². The highest BCUT2D eigenvalue weighted by atomic mass is 35.5. The van der Waals surface area contributed by atoms with Crippen LogP contribution in [-0.2, 0) is 12.7 Å². The first kappa shape index (κ1) is 24.3. The Morgan fingerprint density at radius 2 is 1.69 bits per heavy atom. The molecule has 5 nitrogen and oxygen atoms in total. The van der Waals surface area contributed by atoms with E-state index in [0.717, 1.165) is 44.5 Å². The zero-order valence-electron chi connectivity index (χ0n) is 13.8. The van der Waals surface area contributed by atoms with E-state index in [2.05, 4.69) is 9.98 Å². The van der Waals surface area contributed by atoms with Gasteiger partial charge in [0.05, 0.1) is 12.1 Å². The van der Waals surface area contributed by atoms with Crippen molar-refractivity contribution in [1.82, 2.24) is 4.90 Å². The molecule has 2 rings (SSSR count). The molecule has 1 aromatic rings. The van der Waals surface area contributed by atoms with E-state index in [1.807, 2.05) is 4.90 Å². The average molecular weight is 418 g/mol. The lowest BCUT2D eigenvalue weighted by Gasteiger charge is -2.27. The van der Waals surface area contributed by atoms with E-state index in [9.17, 15) is 17.6 Å².